The van der Waals surface area contributed by atoms with Gasteiger partial charge in [0.1, 0.15) is 0 Å². The van der Waals surface area contributed by atoms with E-state index in [1.165, 1.54) is 19.3 Å². The Labute approximate surface area is 43.3 Å². The Morgan fingerprint density at radius 2 is 2.29 bits per heavy atom. The molecule has 0 unspecified atom stereocenters. The zero-order valence-corrected chi connectivity index (χ0v) is 4.35. The van der Waals surface area contributed by atoms with Crippen molar-refractivity contribution >= 4 is 0 Å². The van der Waals surface area contributed by atoms with Crippen LogP contribution in [0.1, 0.15) is 19.3 Å². The molecule has 0 aromatic carbocycles. The molecule has 2 aliphatic carbocycles. The first-order valence-electron chi connectivity index (χ1n) is 2.98. The van der Waals surface area contributed by atoms with Gasteiger partial charge in [-0.1, -0.05) is 0 Å². The summed E-state index contributed by atoms with van der Waals surface area (Å²) in [6.07, 6.45) is 4.12. The number of aliphatic hydroxyl groups excluding tert-OH is 1. The van der Waals surface area contributed by atoms with E-state index < -0.39 is 0 Å². The summed E-state index contributed by atoms with van der Waals surface area (Å²) < 4.78 is 0. The van der Waals surface area contributed by atoms with Crippen LogP contribution in [0.4, 0.5) is 0 Å². The van der Waals surface area contributed by atoms with Gasteiger partial charge in [0.25, 0.3) is 0 Å². The van der Waals surface area contributed by atoms with Crippen LogP contribution in [0.2, 0.25) is 0 Å². The molecular formula is C6H10O. The largest absolute Gasteiger partial charge is 0.396 e. The maximum atomic E-state index is 8.58. The van der Waals surface area contributed by atoms with Crippen molar-refractivity contribution in [1.29, 1.82) is 0 Å². The van der Waals surface area contributed by atoms with Crippen LogP contribution >= 0.6 is 0 Å². The van der Waals surface area contributed by atoms with Crippen LogP contribution < -0.4 is 0 Å². The van der Waals surface area contributed by atoms with Crippen LogP contribution in [0.5, 0.6) is 0 Å². The third kappa shape index (κ3) is 0.367. The van der Waals surface area contributed by atoms with Crippen LogP contribution in [0.25, 0.3) is 0 Å². The highest BCUT2D eigenvalue weighted by atomic mass is 16.3. The van der Waals surface area contributed by atoms with Gasteiger partial charge in [0, 0.05) is 6.61 Å². The molecule has 0 aromatic heterocycles. The zero-order valence-electron chi connectivity index (χ0n) is 4.35. The summed E-state index contributed by atoms with van der Waals surface area (Å²) in [7, 11) is 0. The molecule has 0 aliphatic heterocycles. The molecule has 2 saturated carbocycles. The van der Waals surface area contributed by atoms with Gasteiger partial charge in [-0.05, 0) is 30.6 Å². The summed E-state index contributed by atoms with van der Waals surface area (Å²) in [6.45, 7) is 0.444. The molecule has 2 fully saturated rings. The maximum Gasteiger partial charge on any atom is 0.0464 e. The second kappa shape index (κ2) is 0.873. The Hall–Kier alpha value is -0.0400. The average Bonchev–Trinajstić information content (AvgIpc) is 2.52. The van der Waals surface area contributed by atoms with Crippen molar-refractivity contribution in [2.75, 3.05) is 6.61 Å². The van der Waals surface area contributed by atoms with Crippen LogP contribution in [-0.4, -0.2) is 11.7 Å². The van der Waals surface area contributed by atoms with Crippen LogP contribution in [0, 0.1) is 11.3 Å². The van der Waals surface area contributed by atoms with Crippen molar-refractivity contribution < 1.29 is 5.11 Å². The highest BCUT2D eigenvalue weighted by Gasteiger charge is 2.61. The first kappa shape index (κ1) is 3.90. The van der Waals surface area contributed by atoms with Crippen molar-refractivity contribution in [3.8, 4) is 0 Å². The van der Waals surface area contributed by atoms with Crippen molar-refractivity contribution in [3.63, 3.8) is 0 Å². The first-order chi connectivity index (χ1) is 3.37. The van der Waals surface area contributed by atoms with E-state index in [0.717, 1.165) is 5.41 Å². The number of hydrogen-bond acceptors (Lipinski definition) is 1. The van der Waals surface area contributed by atoms with Gasteiger partial charge >= 0.3 is 0 Å². The minimum atomic E-state index is 0.444. The van der Waals surface area contributed by atoms with Gasteiger partial charge < -0.3 is 5.11 Å². The molecule has 0 heterocycles. The average molecular weight is 98.1 g/mol. The van der Waals surface area contributed by atoms with Gasteiger partial charge in [-0.3, -0.25) is 0 Å². The minimum Gasteiger partial charge on any atom is -0.396 e. The second-order valence-electron chi connectivity index (χ2n) is 2.95. The number of hydrogen-bond donors (Lipinski definition) is 1. The quantitative estimate of drug-likeness (QED) is 0.513. The molecule has 1 spiro atoms. The van der Waals surface area contributed by atoms with E-state index in [-0.39, 0.29) is 0 Å². The molecule has 0 saturated heterocycles. The Morgan fingerprint density at radius 1 is 1.57 bits per heavy atom. The van der Waals surface area contributed by atoms with Crippen LogP contribution in [0.15, 0.2) is 0 Å². The summed E-state index contributed by atoms with van der Waals surface area (Å²) in [5, 5.41) is 8.58. The van der Waals surface area contributed by atoms with Gasteiger partial charge in [-0.2, -0.15) is 0 Å². The molecular weight excluding hydrogens is 88.1 g/mol. The molecule has 0 amide bonds. The lowest BCUT2D eigenvalue weighted by molar-refractivity contribution is 0.267. The number of aliphatic hydroxyl groups is 1. The molecule has 0 bridgehead atoms. The van der Waals surface area contributed by atoms with Crippen LogP contribution in [0.3, 0.4) is 0 Å². The van der Waals surface area contributed by atoms with E-state index in [9.17, 15) is 0 Å². The summed E-state index contributed by atoms with van der Waals surface area (Å²) >= 11 is 0. The van der Waals surface area contributed by atoms with E-state index >= 15 is 0 Å². The lowest BCUT2D eigenvalue weighted by Crippen LogP contribution is -1.85. The van der Waals surface area contributed by atoms with E-state index in [1.807, 2.05) is 0 Å². The number of rotatable bonds is 1. The Balaban J connectivity index is 1.97. The van der Waals surface area contributed by atoms with E-state index in [4.69, 9.17) is 5.11 Å². The Bertz CT molecular complexity index is 94.4. The van der Waals surface area contributed by atoms with Gasteiger partial charge in [0.15, 0.2) is 0 Å². The summed E-state index contributed by atoms with van der Waals surface area (Å²) in [5.74, 6) is 0.715. The topological polar surface area (TPSA) is 20.2 Å². The smallest absolute Gasteiger partial charge is 0.0464 e. The SMILES string of the molecule is OC[C@@H]1CC12CC2. The minimum absolute atomic E-state index is 0.444. The van der Waals surface area contributed by atoms with Gasteiger partial charge in [-0.25, -0.2) is 0 Å². The van der Waals surface area contributed by atoms with Gasteiger partial charge in [0.05, 0.1) is 0 Å². The third-order valence-corrected chi connectivity index (χ3v) is 2.47. The standard InChI is InChI=1S/C6H10O/c7-4-5-3-6(5)1-2-6/h5,7H,1-4H2/t5-/m0/s1. The van der Waals surface area contributed by atoms with Gasteiger partial charge in [-0.15, -0.1) is 0 Å². The molecule has 0 aromatic rings. The maximum absolute atomic E-state index is 8.58. The molecule has 40 valence electrons. The lowest BCUT2D eigenvalue weighted by Gasteiger charge is -1.81. The molecule has 2 rings (SSSR count). The summed E-state index contributed by atoms with van der Waals surface area (Å²) in [6, 6.07) is 0. The van der Waals surface area contributed by atoms with E-state index in [0.29, 0.717) is 12.5 Å². The molecule has 1 atom stereocenters. The molecule has 7 heavy (non-hydrogen) atoms. The van der Waals surface area contributed by atoms with Crippen molar-refractivity contribution in [2.24, 2.45) is 11.3 Å². The predicted octanol–water partition coefficient (Wildman–Crippen LogP) is 0.779. The molecule has 1 N–H and O–H groups in total. The monoisotopic (exact) mass is 98.1 g/mol. The zero-order chi connectivity index (χ0) is 4.91. The highest BCUT2D eigenvalue weighted by molar-refractivity contribution is 5.11. The van der Waals surface area contributed by atoms with Crippen LogP contribution in [-0.2, 0) is 0 Å². The Morgan fingerprint density at radius 3 is 2.43 bits per heavy atom. The highest BCUT2D eigenvalue weighted by Crippen LogP contribution is 2.70. The van der Waals surface area contributed by atoms with E-state index in [2.05, 4.69) is 0 Å². The predicted molar refractivity (Wildman–Crippen MR) is 26.9 cm³/mol. The fourth-order valence-electron chi connectivity index (χ4n) is 1.46. The normalized spacial score (nSPS) is 41.6. The van der Waals surface area contributed by atoms with Crippen molar-refractivity contribution in [3.05, 3.63) is 0 Å². The van der Waals surface area contributed by atoms with E-state index in [1.54, 1.807) is 0 Å². The molecule has 0 radical (unpaired) electrons. The molecule has 1 heteroatoms. The fourth-order valence-corrected chi connectivity index (χ4v) is 1.46. The first-order valence-corrected chi connectivity index (χ1v) is 2.98. The van der Waals surface area contributed by atoms with Crippen molar-refractivity contribution in [1.82, 2.24) is 0 Å². The summed E-state index contributed by atoms with van der Waals surface area (Å²) in [4.78, 5) is 0. The fraction of sp³-hybridized carbons (Fsp3) is 1.00. The third-order valence-electron chi connectivity index (χ3n) is 2.47. The lowest BCUT2D eigenvalue weighted by atomic mass is 10.3. The second-order valence-corrected chi connectivity index (χ2v) is 2.95. The van der Waals surface area contributed by atoms with Crippen molar-refractivity contribution in [2.45, 2.75) is 19.3 Å². The summed E-state index contributed by atoms with van der Waals surface area (Å²) in [5.41, 5.74) is 0.717. The Kier molecular flexibility index (Phi) is 0.487. The molecule has 1 nitrogen and oxygen atoms in total. The molecule has 2 aliphatic rings. The van der Waals surface area contributed by atoms with Gasteiger partial charge in [0.2, 0.25) is 0 Å².